The van der Waals surface area contributed by atoms with Gasteiger partial charge in [-0.15, -0.1) is 0 Å². The highest BCUT2D eigenvalue weighted by Crippen LogP contribution is 2.62. The van der Waals surface area contributed by atoms with Crippen LogP contribution in [-0.2, 0) is 0 Å². The highest BCUT2D eigenvalue weighted by atomic mass is 16.3. The van der Waals surface area contributed by atoms with E-state index in [-0.39, 0.29) is 18.1 Å². The van der Waals surface area contributed by atoms with E-state index in [1.54, 1.807) is 0 Å². The molecule has 5 atom stereocenters. The van der Waals surface area contributed by atoms with E-state index >= 15 is 0 Å². The molecule has 0 aromatic heterocycles. The lowest BCUT2D eigenvalue weighted by Gasteiger charge is -2.60. The van der Waals surface area contributed by atoms with Crippen LogP contribution in [0.1, 0.15) is 113 Å². The third kappa shape index (κ3) is 6.83. The summed E-state index contributed by atoms with van der Waals surface area (Å²) < 4.78 is 0. The zero-order valence-corrected chi connectivity index (χ0v) is 22.2. The van der Waals surface area contributed by atoms with Crippen molar-refractivity contribution < 1.29 is 10.2 Å². The predicted octanol–water partition coefficient (Wildman–Crippen LogP) is 8.01. The summed E-state index contributed by atoms with van der Waals surface area (Å²) in [5.41, 5.74) is 4.47. The molecular weight excluding hydrogens is 392 g/mol. The van der Waals surface area contributed by atoms with E-state index in [1.807, 2.05) is 6.92 Å². The maximum Gasteiger partial charge on any atom is 0.0639 e. The Morgan fingerprint density at radius 2 is 1.41 bits per heavy atom. The number of allylic oxidation sites excluding steroid dienone is 5. The molecule has 2 fully saturated rings. The van der Waals surface area contributed by atoms with Crippen molar-refractivity contribution in [3.8, 4) is 0 Å². The van der Waals surface area contributed by atoms with Gasteiger partial charge in [0.1, 0.15) is 0 Å². The molecule has 2 heteroatoms. The average molecular weight is 445 g/mol. The fourth-order valence-corrected chi connectivity index (χ4v) is 6.99. The minimum Gasteiger partial charge on any atom is -0.393 e. The van der Waals surface area contributed by atoms with E-state index < -0.39 is 0 Å². The number of aliphatic hydroxyl groups is 2. The van der Waals surface area contributed by atoms with Crippen LogP contribution in [0.15, 0.2) is 34.9 Å². The van der Waals surface area contributed by atoms with Gasteiger partial charge in [0.25, 0.3) is 0 Å². The maximum atomic E-state index is 10.7. The molecule has 0 radical (unpaired) electrons. The Morgan fingerprint density at radius 3 is 2.00 bits per heavy atom. The van der Waals surface area contributed by atoms with Gasteiger partial charge in [0.05, 0.1) is 12.7 Å². The van der Waals surface area contributed by atoms with Crippen LogP contribution < -0.4 is 0 Å². The Balaban J connectivity index is 1.86. The van der Waals surface area contributed by atoms with Gasteiger partial charge in [-0.05, 0) is 107 Å². The molecule has 2 aliphatic carbocycles. The first kappa shape index (κ1) is 27.4. The van der Waals surface area contributed by atoms with Gasteiger partial charge in [0.15, 0.2) is 0 Å². The summed E-state index contributed by atoms with van der Waals surface area (Å²) in [6, 6.07) is 0. The lowest BCUT2D eigenvalue weighted by molar-refractivity contribution is -0.149. The van der Waals surface area contributed by atoms with Gasteiger partial charge in [-0.25, -0.2) is 0 Å². The molecule has 2 saturated carbocycles. The van der Waals surface area contributed by atoms with Crippen LogP contribution >= 0.6 is 0 Å². The van der Waals surface area contributed by atoms with Gasteiger partial charge < -0.3 is 10.2 Å². The predicted molar refractivity (Wildman–Crippen MR) is 139 cm³/mol. The minimum atomic E-state index is -0.136. The van der Waals surface area contributed by atoms with Crippen molar-refractivity contribution in [1.82, 2.24) is 0 Å². The van der Waals surface area contributed by atoms with Crippen molar-refractivity contribution in [1.29, 1.82) is 0 Å². The summed E-state index contributed by atoms with van der Waals surface area (Å²) in [4.78, 5) is 0. The van der Waals surface area contributed by atoms with Crippen LogP contribution in [0.2, 0.25) is 0 Å². The summed E-state index contributed by atoms with van der Waals surface area (Å²) >= 11 is 0. The van der Waals surface area contributed by atoms with Crippen molar-refractivity contribution in [2.75, 3.05) is 6.61 Å². The first-order chi connectivity index (χ1) is 15.0. The van der Waals surface area contributed by atoms with Crippen LogP contribution in [-0.4, -0.2) is 22.9 Å². The monoisotopic (exact) mass is 444 g/mol. The van der Waals surface area contributed by atoms with Crippen molar-refractivity contribution in [2.24, 2.45) is 28.6 Å². The molecule has 0 bridgehead atoms. The quantitative estimate of drug-likeness (QED) is 0.335. The standard InChI is InChI=1S/C30H52O2/c1-22(13-9-15-24(3)21-31)11-8-12-23(2)14-10-16-26-25(4)17-18-27-29(5,6)28(32)19-20-30(26,27)7/h11,14-15,25-28,31-32H,8-10,12-13,16-21H2,1-7H3/b22-11+,23-14+,24-15+/t25-,26-,27?,28-,30+/m0/s1. The molecule has 0 aliphatic heterocycles. The van der Waals surface area contributed by atoms with Crippen LogP contribution in [0.5, 0.6) is 0 Å². The Morgan fingerprint density at radius 1 is 0.844 bits per heavy atom. The largest absolute Gasteiger partial charge is 0.393 e. The van der Waals surface area contributed by atoms with Crippen LogP contribution in [0.25, 0.3) is 0 Å². The third-order valence-corrected chi connectivity index (χ3v) is 9.24. The van der Waals surface area contributed by atoms with Gasteiger partial charge in [-0.1, -0.05) is 69.1 Å². The topological polar surface area (TPSA) is 40.5 Å². The first-order valence-corrected chi connectivity index (χ1v) is 13.3. The second kappa shape index (κ2) is 12.0. The van der Waals surface area contributed by atoms with Crippen LogP contribution in [0.3, 0.4) is 0 Å². The zero-order valence-electron chi connectivity index (χ0n) is 22.2. The summed E-state index contributed by atoms with van der Waals surface area (Å²) in [6.07, 6.45) is 18.6. The molecule has 32 heavy (non-hydrogen) atoms. The molecule has 0 aromatic carbocycles. The molecule has 0 amide bonds. The molecule has 2 aliphatic rings. The summed E-state index contributed by atoms with van der Waals surface area (Å²) in [6.45, 7) is 16.3. The van der Waals surface area contributed by atoms with Gasteiger partial charge >= 0.3 is 0 Å². The van der Waals surface area contributed by atoms with Crippen molar-refractivity contribution in [2.45, 2.75) is 119 Å². The number of rotatable bonds is 10. The Labute approximate surface area is 199 Å². The second-order valence-corrected chi connectivity index (χ2v) is 12.1. The molecule has 0 heterocycles. The third-order valence-electron chi connectivity index (χ3n) is 9.24. The maximum absolute atomic E-state index is 10.7. The number of fused-ring (bicyclic) bond motifs is 1. The Kier molecular flexibility index (Phi) is 10.3. The molecule has 2 nitrogen and oxygen atoms in total. The molecule has 2 N–H and O–H groups in total. The lowest BCUT2D eigenvalue weighted by atomic mass is 9.45. The molecule has 0 aromatic rings. The van der Waals surface area contributed by atoms with E-state index in [0.717, 1.165) is 49.5 Å². The first-order valence-electron chi connectivity index (χ1n) is 13.3. The van der Waals surface area contributed by atoms with Crippen molar-refractivity contribution in [3.05, 3.63) is 34.9 Å². The fourth-order valence-electron chi connectivity index (χ4n) is 6.99. The average Bonchev–Trinajstić information content (AvgIpc) is 2.73. The summed E-state index contributed by atoms with van der Waals surface area (Å²) in [7, 11) is 0. The van der Waals surface area contributed by atoms with Gasteiger partial charge in [-0.2, -0.15) is 0 Å². The normalized spacial score (nSPS) is 33.8. The molecule has 1 unspecified atom stereocenters. The lowest BCUT2D eigenvalue weighted by Crippen LogP contribution is -2.55. The smallest absolute Gasteiger partial charge is 0.0639 e. The second-order valence-electron chi connectivity index (χ2n) is 12.1. The number of hydrogen-bond donors (Lipinski definition) is 2. The van der Waals surface area contributed by atoms with Crippen LogP contribution in [0, 0.1) is 28.6 Å². The van der Waals surface area contributed by atoms with E-state index in [4.69, 9.17) is 5.11 Å². The van der Waals surface area contributed by atoms with Crippen LogP contribution in [0.4, 0.5) is 0 Å². The van der Waals surface area contributed by atoms with Crippen molar-refractivity contribution >= 4 is 0 Å². The summed E-state index contributed by atoms with van der Waals surface area (Å²) in [5, 5.41) is 19.7. The van der Waals surface area contributed by atoms with E-state index in [1.165, 1.54) is 43.3 Å². The SMILES string of the molecule is C/C(=C\CC/C(C)=C/CC/C(C)=C/CC[C@H]1[C@@H](C)CCC2C(C)(C)[C@@H](O)CC[C@@]21C)CO. The molecule has 2 rings (SSSR count). The van der Waals surface area contributed by atoms with Gasteiger partial charge in [-0.3, -0.25) is 0 Å². The Bertz CT molecular complexity index is 683. The highest BCUT2D eigenvalue weighted by molar-refractivity contribution is 5.08. The molecule has 0 saturated heterocycles. The zero-order chi connectivity index (χ0) is 23.9. The fraction of sp³-hybridized carbons (Fsp3) is 0.800. The Hall–Kier alpha value is -0.860. The van der Waals surface area contributed by atoms with Crippen molar-refractivity contribution in [3.63, 3.8) is 0 Å². The van der Waals surface area contributed by atoms with Gasteiger partial charge in [0.2, 0.25) is 0 Å². The van der Waals surface area contributed by atoms with E-state index in [9.17, 15) is 5.11 Å². The summed E-state index contributed by atoms with van der Waals surface area (Å²) in [5.74, 6) is 2.22. The molecule has 184 valence electrons. The number of hydrogen-bond acceptors (Lipinski definition) is 2. The highest BCUT2D eigenvalue weighted by Gasteiger charge is 2.56. The van der Waals surface area contributed by atoms with E-state index in [0.29, 0.717) is 11.3 Å². The van der Waals surface area contributed by atoms with Gasteiger partial charge in [0, 0.05) is 0 Å². The minimum absolute atomic E-state index is 0.0495. The van der Waals surface area contributed by atoms with E-state index in [2.05, 4.69) is 59.8 Å². The molecule has 0 spiro atoms. The molecular formula is C30H52O2. The number of aliphatic hydroxyl groups excluding tert-OH is 2.